The molecule has 0 bridgehead atoms. The topological polar surface area (TPSA) is 84.2 Å². The molecule has 3 aromatic rings. The van der Waals surface area contributed by atoms with Crippen LogP contribution >= 0.6 is 0 Å². The van der Waals surface area contributed by atoms with E-state index >= 15 is 0 Å². The minimum absolute atomic E-state index is 0.0645. The largest absolute Gasteiger partial charge is 0.387 e. The van der Waals surface area contributed by atoms with Gasteiger partial charge in [-0.05, 0) is 18.6 Å². The Morgan fingerprint density at radius 1 is 1.07 bits per heavy atom. The van der Waals surface area contributed by atoms with Crippen LogP contribution in [0.5, 0.6) is 0 Å². The Labute approximate surface area is 157 Å². The summed E-state index contributed by atoms with van der Waals surface area (Å²) in [6.07, 6.45) is -0.810. The van der Waals surface area contributed by atoms with E-state index in [4.69, 9.17) is 0 Å². The quantitative estimate of drug-likeness (QED) is 0.702. The van der Waals surface area contributed by atoms with Crippen LogP contribution in [0.2, 0.25) is 0 Å². The zero-order chi connectivity index (χ0) is 19.2. The Hall–Kier alpha value is -3.25. The predicted octanol–water partition coefficient (Wildman–Crippen LogP) is 2.07. The number of hydrogen-bond acceptors (Lipinski definition) is 4. The van der Waals surface area contributed by atoms with Crippen molar-refractivity contribution in [3.8, 4) is 11.3 Å². The van der Waals surface area contributed by atoms with Gasteiger partial charge in [0.05, 0.1) is 11.8 Å². The van der Waals surface area contributed by atoms with Crippen molar-refractivity contribution in [3.63, 3.8) is 0 Å². The van der Waals surface area contributed by atoms with Gasteiger partial charge in [0.25, 0.3) is 5.56 Å². The molecule has 2 N–H and O–H groups in total. The van der Waals surface area contributed by atoms with Crippen molar-refractivity contribution in [2.24, 2.45) is 0 Å². The summed E-state index contributed by atoms with van der Waals surface area (Å²) in [5.74, 6) is -0.388. The van der Waals surface area contributed by atoms with E-state index in [1.54, 1.807) is 6.07 Å². The first-order valence-electron chi connectivity index (χ1n) is 8.68. The van der Waals surface area contributed by atoms with Crippen LogP contribution in [-0.2, 0) is 11.3 Å². The van der Waals surface area contributed by atoms with Crippen molar-refractivity contribution in [1.29, 1.82) is 0 Å². The van der Waals surface area contributed by atoms with Gasteiger partial charge in [0.1, 0.15) is 6.54 Å². The number of hydrogen-bond donors (Lipinski definition) is 2. The lowest BCUT2D eigenvalue weighted by atomic mass is 10.1. The van der Waals surface area contributed by atoms with Crippen molar-refractivity contribution in [3.05, 3.63) is 88.2 Å². The number of nitrogens with zero attached hydrogens (tertiary/aromatic N) is 2. The molecule has 6 heteroatoms. The van der Waals surface area contributed by atoms with E-state index in [2.05, 4.69) is 10.4 Å². The fourth-order valence-corrected chi connectivity index (χ4v) is 2.63. The van der Waals surface area contributed by atoms with E-state index in [1.807, 2.05) is 61.5 Å². The molecule has 1 aromatic heterocycles. The normalized spacial score (nSPS) is 11.8. The third kappa shape index (κ3) is 4.89. The third-order valence-electron chi connectivity index (χ3n) is 4.18. The van der Waals surface area contributed by atoms with E-state index in [0.29, 0.717) is 5.69 Å². The van der Waals surface area contributed by atoms with Crippen LogP contribution in [0.4, 0.5) is 0 Å². The monoisotopic (exact) mass is 363 g/mol. The molecule has 0 fully saturated rings. The molecular weight excluding hydrogens is 342 g/mol. The smallest absolute Gasteiger partial charge is 0.267 e. The van der Waals surface area contributed by atoms with Gasteiger partial charge in [-0.3, -0.25) is 9.59 Å². The molecule has 0 saturated heterocycles. The fraction of sp³-hybridized carbons (Fsp3) is 0.190. The third-order valence-corrected chi connectivity index (χ3v) is 4.18. The van der Waals surface area contributed by atoms with E-state index in [9.17, 15) is 14.7 Å². The van der Waals surface area contributed by atoms with E-state index in [1.165, 1.54) is 6.07 Å². The number of aromatic nitrogens is 2. The maximum Gasteiger partial charge on any atom is 0.267 e. The highest BCUT2D eigenvalue weighted by Crippen LogP contribution is 2.14. The van der Waals surface area contributed by atoms with Crippen LogP contribution in [0.3, 0.4) is 0 Å². The predicted molar refractivity (Wildman–Crippen MR) is 103 cm³/mol. The van der Waals surface area contributed by atoms with E-state index in [0.717, 1.165) is 21.4 Å². The first-order valence-corrected chi connectivity index (χ1v) is 8.68. The summed E-state index contributed by atoms with van der Waals surface area (Å²) in [6, 6.07) is 19.9. The van der Waals surface area contributed by atoms with Crippen LogP contribution in [-0.4, -0.2) is 27.3 Å². The number of carbonyl (C=O) groups is 1. The highest BCUT2D eigenvalue weighted by Gasteiger charge is 2.11. The van der Waals surface area contributed by atoms with Gasteiger partial charge in [-0.2, -0.15) is 5.10 Å². The zero-order valence-electron chi connectivity index (χ0n) is 15.0. The second kappa shape index (κ2) is 8.42. The number of amides is 1. The Kier molecular flexibility index (Phi) is 5.78. The number of benzene rings is 2. The molecule has 1 atom stereocenters. The number of aliphatic hydroxyl groups excluding tert-OH is 1. The Balaban J connectivity index is 1.64. The van der Waals surface area contributed by atoms with Crippen molar-refractivity contribution >= 4 is 5.91 Å². The molecule has 138 valence electrons. The zero-order valence-corrected chi connectivity index (χ0v) is 15.0. The number of aliphatic hydroxyl groups is 1. The minimum Gasteiger partial charge on any atom is -0.387 e. The summed E-state index contributed by atoms with van der Waals surface area (Å²) in [5.41, 5.74) is 2.94. The van der Waals surface area contributed by atoms with Crippen molar-refractivity contribution in [1.82, 2.24) is 15.1 Å². The summed E-state index contributed by atoms with van der Waals surface area (Å²) >= 11 is 0. The average molecular weight is 363 g/mol. The molecule has 27 heavy (non-hydrogen) atoms. The second-order valence-corrected chi connectivity index (χ2v) is 6.31. The highest BCUT2D eigenvalue weighted by atomic mass is 16.3. The molecule has 0 saturated carbocycles. The first kappa shape index (κ1) is 18.5. The van der Waals surface area contributed by atoms with Gasteiger partial charge in [0, 0.05) is 18.2 Å². The minimum atomic E-state index is -0.810. The lowest BCUT2D eigenvalue weighted by Gasteiger charge is -2.13. The molecule has 0 aliphatic carbocycles. The molecule has 3 rings (SSSR count). The van der Waals surface area contributed by atoms with Gasteiger partial charge >= 0.3 is 0 Å². The summed E-state index contributed by atoms with van der Waals surface area (Å²) in [6.45, 7) is 1.82. The summed E-state index contributed by atoms with van der Waals surface area (Å²) in [4.78, 5) is 24.2. The number of carbonyl (C=O) groups excluding carboxylic acids is 1. The molecule has 0 spiro atoms. The summed E-state index contributed by atoms with van der Waals surface area (Å²) in [5, 5.41) is 17.1. The number of rotatable bonds is 6. The summed E-state index contributed by atoms with van der Waals surface area (Å²) < 4.78 is 1.12. The first-order chi connectivity index (χ1) is 13.0. The fourth-order valence-electron chi connectivity index (χ4n) is 2.63. The van der Waals surface area contributed by atoms with Crippen LogP contribution in [0, 0.1) is 6.92 Å². The molecule has 6 nitrogen and oxygen atoms in total. The molecule has 0 aliphatic heterocycles. The van der Waals surface area contributed by atoms with Crippen molar-refractivity contribution in [2.45, 2.75) is 19.6 Å². The molecule has 2 aromatic carbocycles. The maximum absolute atomic E-state index is 12.2. The van der Waals surface area contributed by atoms with Gasteiger partial charge in [-0.25, -0.2) is 4.68 Å². The van der Waals surface area contributed by atoms with Gasteiger partial charge in [-0.15, -0.1) is 0 Å². The maximum atomic E-state index is 12.2. The molecular formula is C21H21N3O3. The SMILES string of the molecule is Cc1ccc([C@H](O)CNC(=O)Cn2nc(-c3ccccc3)ccc2=O)cc1. The van der Waals surface area contributed by atoms with Gasteiger partial charge in [0.15, 0.2) is 0 Å². The second-order valence-electron chi connectivity index (χ2n) is 6.31. The van der Waals surface area contributed by atoms with Crippen LogP contribution in [0.25, 0.3) is 11.3 Å². The van der Waals surface area contributed by atoms with E-state index < -0.39 is 6.10 Å². The van der Waals surface area contributed by atoms with Crippen molar-refractivity contribution in [2.75, 3.05) is 6.54 Å². The van der Waals surface area contributed by atoms with Crippen molar-refractivity contribution < 1.29 is 9.90 Å². The summed E-state index contributed by atoms with van der Waals surface area (Å²) in [7, 11) is 0. The molecule has 1 amide bonds. The number of aryl methyl sites for hydroxylation is 1. The van der Waals surface area contributed by atoms with Gasteiger partial charge < -0.3 is 10.4 Å². The van der Waals surface area contributed by atoms with Crippen LogP contribution in [0.1, 0.15) is 17.2 Å². The molecule has 0 radical (unpaired) electrons. The molecule has 0 aliphatic rings. The standard InChI is InChI=1S/C21H21N3O3/c1-15-7-9-17(10-8-15)19(25)13-22-20(26)14-24-21(27)12-11-18(23-24)16-5-3-2-4-6-16/h2-12,19,25H,13-14H2,1H3,(H,22,26)/t19-/m1/s1. The van der Waals surface area contributed by atoms with E-state index in [-0.39, 0.29) is 24.6 Å². The lowest BCUT2D eigenvalue weighted by Crippen LogP contribution is -2.35. The van der Waals surface area contributed by atoms with Crippen LogP contribution in [0.15, 0.2) is 71.5 Å². The van der Waals surface area contributed by atoms with Gasteiger partial charge in [-0.1, -0.05) is 60.2 Å². The Bertz CT molecular complexity index is 966. The Morgan fingerprint density at radius 3 is 2.48 bits per heavy atom. The Morgan fingerprint density at radius 2 is 1.78 bits per heavy atom. The molecule has 0 unspecified atom stereocenters. The average Bonchev–Trinajstić information content (AvgIpc) is 2.69. The number of nitrogens with one attached hydrogen (secondary N) is 1. The highest BCUT2D eigenvalue weighted by molar-refractivity contribution is 5.75. The van der Waals surface area contributed by atoms with Crippen LogP contribution < -0.4 is 10.9 Å². The lowest BCUT2D eigenvalue weighted by molar-refractivity contribution is -0.122. The molecule has 1 heterocycles. The van der Waals surface area contributed by atoms with Gasteiger partial charge in [0.2, 0.25) is 5.91 Å².